The third-order valence-corrected chi connectivity index (χ3v) is 17.2. The lowest BCUT2D eigenvalue weighted by molar-refractivity contribution is 0.0607. The van der Waals surface area contributed by atoms with Crippen LogP contribution < -0.4 is 9.80 Å². The Labute approximate surface area is 371 Å². The first-order valence-corrected chi connectivity index (χ1v) is 23.7. The number of nitrogens with zero attached hydrogens (tertiary/aromatic N) is 2. The molecule has 314 valence electrons. The van der Waals surface area contributed by atoms with Crippen LogP contribution in [0, 0.1) is 10.8 Å². The molecule has 62 heavy (non-hydrogen) atoms. The van der Waals surface area contributed by atoms with Crippen molar-refractivity contribution in [2.24, 2.45) is 10.8 Å². The lowest BCUT2D eigenvalue weighted by atomic mass is 9.52. The van der Waals surface area contributed by atoms with Gasteiger partial charge in [-0.2, -0.15) is 0 Å². The van der Waals surface area contributed by atoms with E-state index >= 15 is 0 Å². The van der Waals surface area contributed by atoms with Gasteiger partial charge in [-0.05, 0) is 140 Å². The molecule has 0 aromatic heterocycles. The van der Waals surface area contributed by atoms with Crippen LogP contribution in [0.3, 0.4) is 0 Å². The molecule has 4 aliphatic rings. The minimum Gasteiger partial charge on any atom is -0.334 e. The van der Waals surface area contributed by atoms with Crippen molar-refractivity contribution in [2.75, 3.05) is 9.80 Å². The second-order valence-corrected chi connectivity index (χ2v) is 21.9. The molecule has 2 aliphatic carbocycles. The molecule has 2 fully saturated rings. The fourth-order valence-electron chi connectivity index (χ4n) is 14.9. The van der Waals surface area contributed by atoms with Gasteiger partial charge in [0.05, 0.1) is 11.1 Å². The van der Waals surface area contributed by atoms with E-state index in [-0.39, 0.29) is 32.7 Å². The van der Waals surface area contributed by atoms with Crippen molar-refractivity contribution in [2.45, 2.75) is 129 Å². The van der Waals surface area contributed by atoms with E-state index in [9.17, 15) is 0 Å². The van der Waals surface area contributed by atoms with Crippen molar-refractivity contribution in [1.29, 1.82) is 0 Å². The smallest absolute Gasteiger partial charge is 0.0594 e. The number of anilines is 4. The molecule has 0 N–H and O–H groups in total. The van der Waals surface area contributed by atoms with Crippen LogP contribution in [0.2, 0.25) is 0 Å². The van der Waals surface area contributed by atoms with Crippen LogP contribution in [-0.2, 0) is 10.8 Å². The lowest BCUT2D eigenvalue weighted by Crippen LogP contribution is -2.64. The van der Waals surface area contributed by atoms with Gasteiger partial charge in [-0.3, -0.25) is 0 Å². The van der Waals surface area contributed by atoms with Gasteiger partial charge >= 0.3 is 0 Å². The normalized spacial score (nSPS) is 25.7. The van der Waals surface area contributed by atoms with Crippen molar-refractivity contribution in [1.82, 2.24) is 0 Å². The summed E-state index contributed by atoms with van der Waals surface area (Å²) in [6, 6.07) is 56.2. The third kappa shape index (κ3) is 5.04. The van der Waals surface area contributed by atoms with Gasteiger partial charge in [0.2, 0.25) is 0 Å². The molecule has 0 saturated heterocycles. The molecule has 0 spiro atoms. The highest BCUT2D eigenvalue weighted by atomic mass is 15.3. The summed E-state index contributed by atoms with van der Waals surface area (Å²) in [5, 5.41) is 5.31. The number of benzene rings is 7. The minimum atomic E-state index is -0.0439. The van der Waals surface area contributed by atoms with E-state index in [0.717, 1.165) is 0 Å². The van der Waals surface area contributed by atoms with Crippen LogP contribution in [0.15, 0.2) is 146 Å². The Morgan fingerprint density at radius 2 is 0.710 bits per heavy atom. The molecule has 2 heteroatoms. The topological polar surface area (TPSA) is 6.48 Å². The monoisotopic (exact) mass is 813 g/mol. The molecule has 4 atom stereocenters. The van der Waals surface area contributed by atoms with Crippen LogP contribution in [0.4, 0.5) is 22.7 Å². The van der Waals surface area contributed by atoms with Gasteiger partial charge in [-0.1, -0.05) is 178 Å². The van der Waals surface area contributed by atoms with E-state index < -0.39 is 0 Å². The van der Waals surface area contributed by atoms with E-state index in [0.29, 0.717) is 0 Å². The second kappa shape index (κ2) is 13.6. The summed E-state index contributed by atoms with van der Waals surface area (Å²) in [6.07, 6.45) is 9.81. The third-order valence-electron chi connectivity index (χ3n) is 17.2. The van der Waals surface area contributed by atoms with Gasteiger partial charge in [0.15, 0.2) is 0 Å². The maximum Gasteiger partial charge on any atom is 0.0594 e. The van der Waals surface area contributed by atoms with Crippen LogP contribution in [0.1, 0.15) is 118 Å². The van der Waals surface area contributed by atoms with E-state index in [2.05, 4.69) is 211 Å². The van der Waals surface area contributed by atoms with Crippen molar-refractivity contribution >= 4 is 44.3 Å². The summed E-state index contributed by atoms with van der Waals surface area (Å²) >= 11 is 0. The van der Waals surface area contributed by atoms with E-state index in [1.165, 1.54) is 129 Å². The predicted molar refractivity (Wildman–Crippen MR) is 265 cm³/mol. The molecule has 7 aromatic carbocycles. The maximum atomic E-state index is 2.78. The molecule has 0 radical (unpaired) electrons. The Balaban J connectivity index is 1.14. The fraction of sp³-hybridized carbons (Fsp3) is 0.367. The molecule has 0 amide bonds. The highest BCUT2D eigenvalue weighted by Gasteiger charge is 2.66. The van der Waals surface area contributed by atoms with E-state index in [4.69, 9.17) is 0 Å². The molecule has 2 nitrogen and oxygen atoms in total. The molecule has 2 saturated carbocycles. The lowest BCUT2D eigenvalue weighted by Gasteiger charge is -2.59. The molecule has 4 unspecified atom stereocenters. The average molecular weight is 813 g/mol. The van der Waals surface area contributed by atoms with Gasteiger partial charge in [0, 0.05) is 33.6 Å². The molecular weight excluding hydrogens is 749 g/mol. The second-order valence-electron chi connectivity index (χ2n) is 21.9. The molecule has 11 rings (SSSR count). The quantitative estimate of drug-likeness (QED) is 0.163. The van der Waals surface area contributed by atoms with E-state index in [1.807, 2.05) is 0 Å². The van der Waals surface area contributed by atoms with Crippen LogP contribution >= 0.6 is 0 Å². The van der Waals surface area contributed by atoms with Gasteiger partial charge in [0.25, 0.3) is 0 Å². The number of hydrogen-bond acceptors (Lipinski definition) is 2. The minimum absolute atomic E-state index is 0.00815. The van der Waals surface area contributed by atoms with E-state index in [1.54, 1.807) is 0 Å². The van der Waals surface area contributed by atoms with Gasteiger partial charge in [-0.15, -0.1) is 0 Å². The van der Waals surface area contributed by atoms with Gasteiger partial charge < -0.3 is 9.80 Å². The number of hydrogen-bond donors (Lipinski definition) is 0. The first kappa shape index (κ1) is 39.5. The number of fused-ring (bicyclic) bond motifs is 8. The molecule has 0 bridgehead atoms. The van der Waals surface area contributed by atoms with Crippen LogP contribution in [0.25, 0.3) is 43.8 Å². The Bertz CT molecular complexity index is 2620. The zero-order valence-corrected chi connectivity index (χ0v) is 38.4. The van der Waals surface area contributed by atoms with Crippen molar-refractivity contribution < 1.29 is 0 Å². The number of rotatable bonds is 4. The summed E-state index contributed by atoms with van der Waals surface area (Å²) in [7, 11) is 0. The zero-order chi connectivity index (χ0) is 42.9. The Morgan fingerprint density at radius 1 is 0.387 bits per heavy atom. The fourth-order valence-corrected chi connectivity index (χ4v) is 14.9. The highest BCUT2D eigenvalue weighted by molar-refractivity contribution is 6.21. The average Bonchev–Trinajstić information content (AvgIpc) is 3.67. The van der Waals surface area contributed by atoms with Crippen molar-refractivity contribution in [3.63, 3.8) is 0 Å². The van der Waals surface area contributed by atoms with Gasteiger partial charge in [-0.25, -0.2) is 0 Å². The largest absolute Gasteiger partial charge is 0.334 e. The standard InChI is InChI=1S/C60H64N2/c1-55(2,3)59-37-21-19-35-57(59,7)49-39-41(31-33-51(49)61(59)43-23-11-9-12-24-43)53-45-27-15-17-29-47(45)54(48-30-18-16-28-46(48)53)42-32-34-52-50(40-42)58(8)36-20-22-38-60(58,56(4,5)6)62(52)44-25-13-10-14-26-44/h9-18,23-34,39-40H,19-22,35-38H2,1-8H3. The predicted octanol–water partition coefficient (Wildman–Crippen LogP) is 16.9. The summed E-state index contributed by atoms with van der Waals surface area (Å²) in [6.45, 7) is 20.2. The zero-order valence-electron chi connectivity index (χ0n) is 38.4. The SMILES string of the molecule is CC(C)(C)C12CCCCC1(C)c1cc(-c3c4ccccc4c(-c4ccc5c(c4)C4(C)CCCCC4(C(C)(C)C)N5c4ccccc4)c4ccccc34)ccc1N2c1ccccc1. The summed E-state index contributed by atoms with van der Waals surface area (Å²) in [5.41, 5.74) is 13.8. The van der Waals surface area contributed by atoms with Crippen LogP contribution in [-0.4, -0.2) is 11.1 Å². The molecule has 2 aliphatic heterocycles. The Hall–Kier alpha value is -5.34. The Morgan fingerprint density at radius 3 is 1.05 bits per heavy atom. The Kier molecular flexibility index (Phi) is 8.65. The molecule has 7 aromatic rings. The first-order chi connectivity index (χ1) is 29.8. The van der Waals surface area contributed by atoms with Crippen LogP contribution in [0.5, 0.6) is 0 Å². The summed E-state index contributed by atoms with van der Waals surface area (Å²) in [4.78, 5) is 5.55. The van der Waals surface area contributed by atoms with Gasteiger partial charge in [0.1, 0.15) is 0 Å². The van der Waals surface area contributed by atoms with Crippen molar-refractivity contribution in [3.8, 4) is 22.3 Å². The molecular formula is C60H64N2. The number of para-hydroxylation sites is 2. The molecule has 2 heterocycles. The highest BCUT2D eigenvalue weighted by Crippen LogP contribution is 2.68. The van der Waals surface area contributed by atoms with Crippen molar-refractivity contribution in [3.05, 3.63) is 157 Å². The summed E-state index contributed by atoms with van der Waals surface area (Å²) in [5.74, 6) is 0. The summed E-state index contributed by atoms with van der Waals surface area (Å²) < 4.78 is 0. The first-order valence-electron chi connectivity index (χ1n) is 23.7. The maximum absolute atomic E-state index is 2.78.